The van der Waals surface area contributed by atoms with E-state index in [2.05, 4.69) is 46.9 Å². The minimum atomic E-state index is -2.09. The van der Waals surface area contributed by atoms with Crippen molar-refractivity contribution in [3.63, 3.8) is 0 Å². The number of nitrogens with zero attached hydrogens (tertiary/aromatic N) is 1. The zero-order chi connectivity index (χ0) is 25.8. The Morgan fingerprint density at radius 3 is 2.35 bits per heavy atom. The van der Waals surface area contributed by atoms with Gasteiger partial charge in [-0.2, -0.15) is 0 Å². The van der Waals surface area contributed by atoms with Crippen LogP contribution in [0.25, 0.3) is 0 Å². The SMILES string of the molecule is C/C=C/[C@@H](O[Si](C)(C)C(C)(C)C)[C@@H](CCCCCC)N(Cc1ccccc1OC)C(=O)OCC. The number of allylic oxidation sites excluding steroid dienone is 1. The minimum Gasteiger partial charge on any atom is -0.496 e. The molecule has 0 bridgehead atoms. The van der Waals surface area contributed by atoms with Crippen LogP contribution in [0.1, 0.15) is 79.2 Å². The molecule has 0 spiro atoms. The van der Waals surface area contributed by atoms with Crippen LogP contribution in [0.2, 0.25) is 18.1 Å². The number of hydrogen-bond acceptors (Lipinski definition) is 4. The van der Waals surface area contributed by atoms with E-state index in [9.17, 15) is 4.79 Å². The second kappa shape index (κ2) is 14.6. The maximum absolute atomic E-state index is 13.3. The van der Waals surface area contributed by atoms with Crippen LogP contribution >= 0.6 is 0 Å². The maximum Gasteiger partial charge on any atom is 0.410 e. The number of unbranched alkanes of at least 4 members (excludes halogenated alkanes) is 3. The van der Waals surface area contributed by atoms with E-state index in [1.165, 1.54) is 12.8 Å². The number of carbonyl (C=O) groups is 1. The first-order valence-corrected chi connectivity index (χ1v) is 15.8. The standard InChI is InChI=1S/C28H49NO4Si/c1-10-13-14-15-20-24(26(18-11-2)33-34(8,9)28(4,5)6)29(27(30)32-12-3)22-23-19-16-17-21-25(23)31-7/h11,16-19,21,24,26H,10,12-15,20,22H2,1-9H3/b18-11+/t24-,26-/m1/s1. The lowest BCUT2D eigenvalue weighted by atomic mass is 9.99. The molecule has 1 amide bonds. The highest BCUT2D eigenvalue weighted by Gasteiger charge is 2.42. The van der Waals surface area contributed by atoms with E-state index in [4.69, 9.17) is 13.9 Å². The van der Waals surface area contributed by atoms with Gasteiger partial charge in [0.15, 0.2) is 8.32 Å². The van der Waals surface area contributed by atoms with Crippen LogP contribution in [0.5, 0.6) is 5.75 Å². The van der Waals surface area contributed by atoms with Crippen molar-refractivity contribution in [2.75, 3.05) is 13.7 Å². The molecule has 0 aliphatic carbocycles. The summed E-state index contributed by atoms with van der Waals surface area (Å²) >= 11 is 0. The number of amides is 1. The maximum atomic E-state index is 13.3. The lowest BCUT2D eigenvalue weighted by molar-refractivity contribution is 0.0474. The van der Waals surface area contributed by atoms with Crippen molar-refractivity contribution in [2.45, 2.75) is 110 Å². The molecule has 2 atom stereocenters. The summed E-state index contributed by atoms with van der Waals surface area (Å²) in [6, 6.07) is 7.74. The van der Waals surface area contributed by atoms with Gasteiger partial charge in [0.1, 0.15) is 5.75 Å². The average Bonchev–Trinajstić information content (AvgIpc) is 2.77. The number of ether oxygens (including phenoxy) is 2. The highest BCUT2D eigenvalue weighted by molar-refractivity contribution is 6.74. The number of hydrogen-bond donors (Lipinski definition) is 0. The second-order valence-corrected chi connectivity index (χ2v) is 15.2. The van der Waals surface area contributed by atoms with Gasteiger partial charge in [-0.3, -0.25) is 4.90 Å². The van der Waals surface area contributed by atoms with Crippen molar-refractivity contribution in [1.29, 1.82) is 0 Å². The largest absolute Gasteiger partial charge is 0.496 e. The molecule has 1 aromatic carbocycles. The van der Waals surface area contributed by atoms with Gasteiger partial charge in [-0.1, -0.05) is 83.7 Å². The molecule has 0 aliphatic rings. The Hall–Kier alpha value is -1.79. The van der Waals surface area contributed by atoms with Gasteiger partial charge in [-0.15, -0.1) is 0 Å². The third kappa shape index (κ3) is 9.10. The Morgan fingerprint density at radius 2 is 1.79 bits per heavy atom. The van der Waals surface area contributed by atoms with Crippen LogP contribution in [0, 0.1) is 0 Å². The molecule has 0 heterocycles. The van der Waals surface area contributed by atoms with E-state index >= 15 is 0 Å². The normalized spacial score (nSPS) is 14.1. The van der Waals surface area contributed by atoms with E-state index in [1.54, 1.807) is 7.11 Å². The Kier molecular flexibility index (Phi) is 13.0. The lowest BCUT2D eigenvalue weighted by Crippen LogP contribution is -2.52. The molecule has 0 radical (unpaired) electrons. The van der Waals surface area contributed by atoms with Gasteiger partial charge in [-0.05, 0) is 44.5 Å². The number of carbonyl (C=O) groups excluding carboxylic acids is 1. The van der Waals surface area contributed by atoms with Gasteiger partial charge < -0.3 is 13.9 Å². The summed E-state index contributed by atoms with van der Waals surface area (Å²) in [6.07, 6.45) is 9.06. The molecule has 6 heteroatoms. The van der Waals surface area contributed by atoms with Crippen molar-refractivity contribution < 1.29 is 18.7 Å². The fraction of sp³-hybridized carbons (Fsp3) is 0.679. The van der Waals surface area contributed by atoms with Crippen molar-refractivity contribution in [3.05, 3.63) is 42.0 Å². The molecule has 0 saturated heterocycles. The second-order valence-electron chi connectivity index (χ2n) is 10.4. The fourth-order valence-electron chi connectivity index (χ4n) is 3.77. The van der Waals surface area contributed by atoms with Crippen molar-refractivity contribution >= 4 is 14.4 Å². The average molecular weight is 492 g/mol. The molecule has 0 fully saturated rings. The predicted molar refractivity (Wildman–Crippen MR) is 145 cm³/mol. The first-order valence-electron chi connectivity index (χ1n) is 12.9. The van der Waals surface area contributed by atoms with Crippen LogP contribution in [0.4, 0.5) is 4.79 Å². The van der Waals surface area contributed by atoms with E-state index in [1.807, 2.05) is 49.1 Å². The number of methoxy groups -OCH3 is 1. The Balaban J connectivity index is 3.46. The topological polar surface area (TPSA) is 48.0 Å². The molecule has 0 N–H and O–H groups in total. The Labute approximate surface area is 210 Å². The molecule has 0 aromatic heterocycles. The highest BCUT2D eigenvalue weighted by Crippen LogP contribution is 2.39. The summed E-state index contributed by atoms with van der Waals surface area (Å²) in [7, 11) is -0.420. The Bertz CT molecular complexity index is 757. The molecule has 5 nitrogen and oxygen atoms in total. The van der Waals surface area contributed by atoms with Crippen LogP contribution in [-0.2, 0) is 15.7 Å². The molecule has 0 saturated carbocycles. The van der Waals surface area contributed by atoms with Gasteiger partial charge >= 0.3 is 6.09 Å². The molecular weight excluding hydrogens is 442 g/mol. The summed E-state index contributed by atoms with van der Waals surface area (Å²) < 4.78 is 18.1. The molecule has 1 rings (SSSR count). The number of para-hydroxylation sites is 1. The van der Waals surface area contributed by atoms with E-state index in [0.717, 1.165) is 30.6 Å². The van der Waals surface area contributed by atoms with Crippen LogP contribution in [0.15, 0.2) is 36.4 Å². The predicted octanol–water partition coefficient (Wildman–Crippen LogP) is 7.96. The van der Waals surface area contributed by atoms with E-state index in [0.29, 0.717) is 13.2 Å². The zero-order valence-corrected chi connectivity index (χ0v) is 24.1. The Morgan fingerprint density at radius 1 is 1.12 bits per heavy atom. The van der Waals surface area contributed by atoms with Crippen molar-refractivity contribution in [3.8, 4) is 5.75 Å². The minimum absolute atomic E-state index is 0.0665. The van der Waals surface area contributed by atoms with E-state index < -0.39 is 8.32 Å². The summed E-state index contributed by atoms with van der Waals surface area (Å²) in [6.45, 7) is 18.1. The van der Waals surface area contributed by atoms with E-state index in [-0.39, 0.29) is 23.3 Å². The van der Waals surface area contributed by atoms with Gasteiger partial charge in [-0.25, -0.2) is 4.79 Å². The van der Waals surface area contributed by atoms with Gasteiger partial charge in [0.2, 0.25) is 0 Å². The molecule has 0 aliphatic heterocycles. The van der Waals surface area contributed by atoms with Gasteiger partial charge in [0, 0.05) is 5.56 Å². The first-order chi connectivity index (χ1) is 16.0. The molecular formula is C28H49NO4Si. The quantitative estimate of drug-likeness (QED) is 0.150. The third-order valence-corrected chi connectivity index (χ3v) is 11.3. The van der Waals surface area contributed by atoms with Crippen molar-refractivity contribution in [2.24, 2.45) is 0 Å². The summed E-state index contributed by atoms with van der Waals surface area (Å²) in [5.74, 6) is 0.773. The summed E-state index contributed by atoms with van der Waals surface area (Å²) in [4.78, 5) is 15.2. The number of benzene rings is 1. The van der Waals surface area contributed by atoms with Gasteiger partial charge in [0.05, 0.1) is 32.4 Å². The zero-order valence-electron chi connectivity index (χ0n) is 23.1. The van der Waals surface area contributed by atoms with Gasteiger partial charge in [0.25, 0.3) is 0 Å². The fourth-order valence-corrected chi connectivity index (χ4v) is 5.04. The lowest BCUT2D eigenvalue weighted by Gasteiger charge is -2.43. The van der Waals surface area contributed by atoms with Crippen molar-refractivity contribution in [1.82, 2.24) is 4.90 Å². The first kappa shape index (κ1) is 30.2. The molecule has 1 aromatic rings. The molecule has 0 unspecified atom stereocenters. The molecule has 34 heavy (non-hydrogen) atoms. The monoisotopic (exact) mass is 491 g/mol. The highest BCUT2D eigenvalue weighted by atomic mass is 28.4. The summed E-state index contributed by atoms with van der Waals surface area (Å²) in [5, 5.41) is 0.0665. The van der Waals surface area contributed by atoms with Crippen LogP contribution < -0.4 is 4.74 Å². The number of rotatable bonds is 14. The van der Waals surface area contributed by atoms with Crippen LogP contribution in [0.3, 0.4) is 0 Å². The molecule has 194 valence electrons. The van der Waals surface area contributed by atoms with Crippen LogP contribution in [-0.4, -0.2) is 45.2 Å². The third-order valence-electron chi connectivity index (χ3n) is 6.79. The smallest absolute Gasteiger partial charge is 0.410 e. The summed E-state index contributed by atoms with van der Waals surface area (Å²) in [5.41, 5.74) is 0.961.